The van der Waals surface area contributed by atoms with E-state index in [1.165, 1.54) is 17.5 Å². The summed E-state index contributed by atoms with van der Waals surface area (Å²) in [5, 5.41) is 5.94. The fraction of sp³-hybridized carbons (Fsp3) is 0.438. The lowest BCUT2D eigenvalue weighted by atomic mass is 10.1. The highest BCUT2D eigenvalue weighted by atomic mass is 16.6. The van der Waals surface area contributed by atoms with Crippen LogP contribution in [0.15, 0.2) is 53.1 Å². The van der Waals surface area contributed by atoms with Gasteiger partial charge in [-0.05, 0) is 62.9 Å². The zero-order valence-electron chi connectivity index (χ0n) is 24.7. The summed E-state index contributed by atoms with van der Waals surface area (Å²) in [4.78, 5) is 48.8. The highest BCUT2D eigenvalue weighted by molar-refractivity contribution is 6.06. The number of aryl methyl sites for hydroxylation is 1. The average Bonchev–Trinajstić information content (AvgIpc) is 3.64. The number of carbonyl (C=O) groups excluding carboxylic acids is 3. The van der Waals surface area contributed by atoms with E-state index < -0.39 is 0 Å². The van der Waals surface area contributed by atoms with Gasteiger partial charge in [0.2, 0.25) is 0 Å². The van der Waals surface area contributed by atoms with Crippen molar-refractivity contribution in [3.63, 3.8) is 0 Å². The van der Waals surface area contributed by atoms with Crippen LogP contribution in [0.4, 0.5) is 21.9 Å². The Labute approximate surface area is 251 Å². The Balaban J connectivity index is 1.14. The van der Waals surface area contributed by atoms with E-state index in [-0.39, 0.29) is 29.7 Å². The monoisotopic (exact) mass is 586 g/mol. The summed E-state index contributed by atoms with van der Waals surface area (Å²) in [6, 6.07) is 13.8. The van der Waals surface area contributed by atoms with Crippen LogP contribution in [0.25, 0.3) is 0 Å². The molecule has 11 heteroatoms. The first-order chi connectivity index (χ1) is 20.9. The van der Waals surface area contributed by atoms with Gasteiger partial charge in [0.15, 0.2) is 11.6 Å². The van der Waals surface area contributed by atoms with Gasteiger partial charge in [-0.15, -0.1) is 0 Å². The maximum Gasteiger partial charge on any atom is 0.410 e. The standard InChI is InChI=1S/C32H38N6O5/c1-21-6-3-4-7-27(21)36-14-16-37(17-15-36)28-11-10-24(29(39)33-12-5-13-38-19-22(2)43-32(38)41)18-25(28)34-30(40)26-20-42-31(35-26)23-8-9-23/h3-4,6-7,10-11,18,20,22-23H,5,8-9,12-17,19H2,1-2H3,(H,33,39)(H,34,40). The summed E-state index contributed by atoms with van der Waals surface area (Å²) in [7, 11) is 0. The maximum absolute atomic E-state index is 13.2. The zero-order chi connectivity index (χ0) is 29.9. The Kier molecular flexibility index (Phi) is 8.22. The molecule has 11 nitrogen and oxygen atoms in total. The van der Waals surface area contributed by atoms with Crippen molar-refractivity contribution in [2.45, 2.75) is 45.1 Å². The largest absolute Gasteiger partial charge is 0.448 e. The van der Waals surface area contributed by atoms with Gasteiger partial charge in [0.05, 0.1) is 17.9 Å². The zero-order valence-corrected chi connectivity index (χ0v) is 24.7. The number of piperazine rings is 1. The molecule has 1 unspecified atom stereocenters. The third kappa shape index (κ3) is 6.60. The molecule has 3 amide bonds. The van der Waals surface area contributed by atoms with Crippen molar-refractivity contribution in [2.24, 2.45) is 0 Å². The molecule has 2 saturated heterocycles. The second kappa shape index (κ2) is 12.4. The first-order valence-corrected chi connectivity index (χ1v) is 15.1. The lowest BCUT2D eigenvalue weighted by molar-refractivity contribution is 0.0951. The number of cyclic esters (lactones) is 1. The number of hydrogen-bond donors (Lipinski definition) is 2. The Bertz CT molecular complexity index is 1490. The van der Waals surface area contributed by atoms with Gasteiger partial charge in [0.25, 0.3) is 11.8 Å². The van der Waals surface area contributed by atoms with Crippen LogP contribution in [-0.4, -0.2) is 79.7 Å². The average molecular weight is 587 g/mol. The number of rotatable bonds is 10. The number of ether oxygens (including phenoxy) is 1. The second-order valence-electron chi connectivity index (χ2n) is 11.5. The Morgan fingerprint density at radius 2 is 1.74 bits per heavy atom. The number of amides is 3. The summed E-state index contributed by atoms with van der Waals surface area (Å²) in [6.07, 6.45) is 3.63. The van der Waals surface area contributed by atoms with Crippen molar-refractivity contribution in [2.75, 3.05) is 60.9 Å². The number of para-hydroxylation sites is 1. The van der Waals surface area contributed by atoms with Crippen LogP contribution in [0, 0.1) is 6.92 Å². The number of nitrogens with one attached hydrogen (secondary N) is 2. The van der Waals surface area contributed by atoms with Gasteiger partial charge in [0.1, 0.15) is 12.4 Å². The number of benzene rings is 2. The minimum Gasteiger partial charge on any atom is -0.448 e. The molecule has 0 spiro atoms. The van der Waals surface area contributed by atoms with Gasteiger partial charge in [-0.25, -0.2) is 9.78 Å². The lowest BCUT2D eigenvalue weighted by Crippen LogP contribution is -2.47. The maximum atomic E-state index is 13.2. The van der Waals surface area contributed by atoms with Crippen molar-refractivity contribution in [1.29, 1.82) is 0 Å². The number of carbonyl (C=O) groups is 3. The van der Waals surface area contributed by atoms with Crippen LogP contribution in [-0.2, 0) is 4.74 Å². The molecule has 1 saturated carbocycles. The molecule has 3 heterocycles. The number of nitrogens with zero attached hydrogens (tertiary/aromatic N) is 4. The topological polar surface area (TPSA) is 120 Å². The molecular formula is C32H38N6O5. The van der Waals surface area contributed by atoms with E-state index >= 15 is 0 Å². The van der Waals surface area contributed by atoms with Crippen LogP contribution in [0.5, 0.6) is 0 Å². The molecular weight excluding hydrogens is 548 g/mol. The summed E-state index contributed by atoms with van der Waals surface area (Å²) in [6.45, 7) is 8.64. The fourth-order valence-corrected chi connectivity index (χ4v) is 5.68. The smallest absolute Gasteiger partial charge is 0.410 e. The van der Waals surface area contributed by atoms with E-state index in [0.29, 0.717) is 49.1 Å². The second-order valence-corrected chi connectivity index (χ2v) is 11.5. The molecule has 2 N–H and O–H groups in total. The number of hydrogen-bond acceptors (Lipinski definition) is 8. The van der Waals surface area contributed by atoms with E-state index in [1.54, 1.807) is 17.0 Å². The van der Waals surface area contributed by atoms with E-state index in [1.807, 2.05) is 19.1 Å². The molecule has 0 radical (unpaired) electrons. The summed E-state index contributed by atoms with van der Waals surface area (Å²) in [5.74, 6) is 0.275. The highest BCUT2D eigenvalue weighted by Gasteiger charge is 2.30. The highest BCUT2D eigenvalue weighted by Crippen LogP contribution is 2.39. The van der Waals surface area contributed by atoms with Crippen LogP contribution < -0.4 is 20.4 Å². The van der Waals surface area contributed by atoms with E-state index in [4.69, 9.17) is 9.15 Å². The molecule has 3 aromatic rings. The third-order valence-corrected chi connectivity index (χ3v) is 8.19. The Morgan fingerprint density at radius 1 is 1.00 bits per heavy atom. The molecule has 1 atom stereocenters. The van der Waals surface area contributed by atoms with Gasteiger partial charge in [-0.1, -0.05) is 18.2 Å². The Morgan fingerprint density at radius 3 is 2.44 bits per heavy atom. The number of oxazole rings is 1. The molecule has 226 valence electrons. The van der Waals surface area contributed by atoms with E-state index in [9.17, 15) is 14.4 Å². The third-order valence-electron chi connectivity index (χ3n) is 8.19. The summed E-state index contributed by atoms with van der Waals surface area (Å²) in [5.41, 5.74) is 4.53. The predicted molar refractivity (Wildman–Crippen MR) is 163 cm³/mol. The van der Waals surface area contributed by atoms with Crippen molar-refractivity contribution >= 4 is 35.0 Å². The van der Waals surface area contributed by atoms with Crippen LogP contribution in [0.2, 0.25) is 0 Å². The molecule has 43 heavy (non-hydrogen) atoms. The molecule has 3 aliphatic rings. The minimum absolute atomic E-state index is 0.114. The van der Waals surface area contributed by atoms with Gasteiger partial charge in [0, 0.05) is 56.4 Å². The van der Waals surface area contributed by atoms with Crippen molar-refractivity contribution in [3.05, 3.63) is 71.4 Å². The van der Waals surface area contributed by atoms with Crippen molar-refractivity contribution < 1.29 is 23.5 Å². The van der Waals surface area contributed by atoms with E-state index in [0.717, 1.165) is 44.7 Å². The van der Waals surface area contributed by atoms with Crippen LogP contribution in [0.1, 0.15) is 64.4 Å². The Hall–Kier alpha value is -4.54. The van der Waals surface area contributed by atoms with Gasteiger partial charge < -0.3 is 34.5 Å². The quantitative estimate of drug-likeness (QED) is 0.336. The van der Waals surface area contributed by atoms with Crippen molar-refractivity contribution in [3.8, 4) is 0 Å². The van der Waals surface area contributed by atoms with Gasteiger partial charge in [-0.3, -0.25) is 9.59 Å². The summed E-state index contributed by atoms with van der Waals surface area (Å²) >= 11 is 0. The number of anilines is 3. The molecule has 1 aromatic heterocycles. The normalized spacial score (nSPS) is 18.5. The number of aromatic nitrogens is 1. The van der Waals surface area contributed by atoms with Crippen molar-refractivity contribution in [1.82, 2.24) is 15.2 Å². The van der Waals surface area contributed by atoms with Gasteiger partial charge in [-0.2, -0.15) is 0 Å². The molecule has 0 bridgehead atoms. The molecule has 2 aliphatic heterocycles. The van der Waals surface area contributed by atoms with Crippen LogP contribution in [0.3, 0.4) is 0 Å². The first kappa shape index (κ1) is 28.6. The summed E-state index contributed by atoms with van der Waals surface area (Å²) < 4.78 is 10.7. The molecule has 1 aliphatic carbocycles. The first-order valence-electron chi connectivity index (χ1n) is 15.1. The molecule has 3 fully saturated rings. The SMILES string of the molecule is Cc1ccccc1N1CCN(c2ccc(C(=O)NCCCN3CC(C)OC3=O)cc2NC(=O)c2coc(C3CC3)n2)CC1. The molecule has 2 aromatic carbocycles. The van der Waals surface area contributed by atoms with E-state index in [2.05, 4.69) is 50.5 Å². The van der Waals surface area contributed by atoms with Gasteiger partial charge >= 0.3 is 6.09 Å². The minimum atomic E-state index is -0.375. The molecule has 6 rings (SSSR count). The lowest BCUT2D eigenvalue weighted by Gasteiger charge is -2.38. The van der Waals surface area contributed by atoms with Crippen LogP contribution >= 0.6 is 0 Å². The fourth-order valence-electron chi connectivity index (χ4n) is 5.68. The predicted octanol–water partition coefficient (Wildman–Crippen LogP) is 4.40.